The molecule has 1 atom stereocenters. The van der Waals surface area contributed by atoms with Crippen molar-refractivity contribution < 1.29 is 9.15 Å². The number of likely N-dealkylation sites (tertiary alicyclic amines) is 1. The van der Waals surface area contributed by atoms with Gasteiger partial charge >= 0.3 is 0 Å². The van der Waals surface area contributed by atoms with E-state index in [1.807, 2.05) is 13.1 Å². The number of hydrogen-bond donors (Lipinski definition) is 2. The Balaban J connectivity index is 0.00000243. The highest BCUT2D eigenvalue weighted by atomic mass is 127. The van der Waals surface area contributed by atoms with E-state index in [-0.39, 0.29) is 30.0 Å². The number of nitrogens with zero attached hydrogens (tertiary/aromatic N) is 2. The zero-order chi connectivity index (χ0) is 17.3. The lowest BCUT2D eigenvalue weighted by atomic mass is 10.2. The Morgan fingerprint density at radius 3 is 2.81 bits per heavy atom. The zero-order valence-electron chi connectivity index (χ0n) is 15.8. The topological polar surface area (TPSA) is 62.0 Å². The molecule has 0 radical (unpaired) electrons. The average molecular weight is 476 g/mol. The number of hydrogen-bond acceptors (Lipinski definition) is 4. The van der Waals surface area contributed by atoms with Gasteiger partial charge in [-0.3, -0.25) is 9.89 Å². The monoisotopic (exact) mass is 476 g/mol. The van der Waals surface area contributed by atoms with Crippen molar-refractivity contribution in [3.05, 3.63) is 24.2 Å². The third-order valence-corrected chi connectivity index (χ3v) is 4.95. The quantitative estimate of drug-likeness (QED) is 0.235. The van der Waals surface area contributed by atoms with Crippen LogP contribution in [-0.2, 0) is 4.74 Å². The molecule has 148 valence electrons. The van der Waals surface area contributed by atoms with Crippen molar-refractivity contribution >= 4 is 29.9 Å². The van der Waals surface area contributed by atoms with Crippen LogP contribution in [-0.4, -0.2) is 57.3 Å². The third-order valence-electron chi connectivity index (χ3n) is 4.95. The Labute approximate surface area is 174 Å². The van der Waals surface area contributed by atoms with Gasteiger partial charge in [-0.25, -0.2) is 0 Å². The van der Waals surface area contributed by atoms with Gasteiger partial charge < -0.3 is 19.8 Å². The van der Waals surface area contributed by atoms with Gasteiger partial charge in [0, 0.05) is 33.4 Å². The first-order valence-corrected chi connectivity index (χ1v) is 9.66. The first-order chi connectivity index (χ1) is 12.4. The van der Waals surface area contributed by atoms with Gasteiger partial charge in [0.25, 0.3) is 0 Å². The molecule has 3 rings (SSSR count). The van der Waals surface area contributed by atoms with Crippen LogP contribution in [0.4, 0.5) is 0 Å². The average Bonchev–Trinajstić information content (AvgIpc) is 3.08. The molecule has 0 aromatic carbocycles. The molecule has 2 heterocycles. The molecule has 1 aromatic rings. The van der Waals surface area contributed by atoms with Crippen LogP contribution >= 0.6 is 24.0 Å². The van der Waals surface area contributed by atoms with Crippen LogP contribution in [0.3, 0.4) is 0 Å². The molecule has 0 bridgehead atoms. The Morgan fingerprint density at radius 2 is 2.15 bits per heavy atom. The predicted molar refractivity (Wildman–Crippen MR) is 115 cm³/mol. The van der Waals surface area contributed by atoms with E-state index in [0.717, 1.165) is 63.5 Å². The molecular weight excluding hydrogens is 443 g/mol. The predicted octanol–water partition coefficient (Wildman–Crippen LogP) is 3.02. The lowest BCUT2D eigenvalue weighted by Crippen LogP contribution is -2.43. The first kappa shape index (κ1) is 21.5. The molecule has 1 unspecified atom stereocenters. The summed E-state index contributed by atoms with van der Waals surface area (Å²) in [6, 6.07) is 4.29. The van der Waals surface area contributed by atoms with Crippen LogP contribution in [0.2, 0.25) is 0 Å². The van der Waals surface area contributed by atoms with E-state index in [9.17, 15) is 0 Å². The number of nitrogens with one attached hydrogen (secondary N) is 2. The number of guanidine groups is 1. The molecular formula is C19H33IN4O2. The molecule has 7 heteroatoms. The molecule has 1 aromatic heterocycles. The molecule has 26 heavy (non-hydrogen) atoms. The van der Waals surface area contributed by atoms with Crippen molar-refractivity contribution in [2.75, 3.05) is 46.4 Å². The summed E-state index contributed by atoms with van der Waals surface area (Å²) in [4.78, 5) is 6.82. The fourth-order valence-electron chi connectivity index (χ4n) is 3.27. The maximum absolute atomic E-state index is 5.67. The molecule has 0 spiro atoms. The van der Waals surface area contributed by atoms with E-state index >= 15 is 0 Å². The number of furan rings is 1. The van der Waals surface area contributed by atoms with Gasteiger partial charge in [-0.2, -0.15) is 0 Å². The molecule has 2 aliphatic rings. The second kappa shape index (κ2) is 11.8. The van der Waals surface area contributed by atoms with Crippen molar-refractivity contribution in [2.24, 2.45) is 10.9 Å². The van der Waals surface area contributed by atoms with E-state index in [1.165, 1.54) is 25.7 Å². The SMILES string of the molecule is CN=C(NCCCOCC1CC1)NCC(c1ccco1)N1CCCC1.I. The van der Waals surface area contributed by atoms with Crippen molar-refractivity contribution in [1.29, 1.82) is 0 Å². The lowest BCUT2D eigenvalue weighted by Gasteiger charge is -2.26. The van der Waals surface area contributed by atoms with Gasteiger partial charge in [0.15, 0.2) is 5.96 Å². The summed E-state index contributed by atoms with van der Waals surface area (Å²) in [5.41, 5.74) is 0. The van der Waals surface area contributed by atoms with Crippen molar-refractivity contribution in [3.8, 4) is 0 Å². The molecule has 2 N–H and O–H groups in total. The van der Waals surface area contributed by atoms with Gasteiger partial charge in [-0.05, 0) is 63.2 Å². The maximum atomic E-state index is 5.67. The maximum Gasteiger partial charge on any atom is 0.191 e. The Kier molecular flexibility index (Phi) is 9.77. The van der Waals surface area contributed by atoms with Crippen LogP contribution in [0.5, 0.6) is 0 Å². The van der Waals surface area contributed by atoms with E-state index in [4.69, 9.17) is 9.15 Å². The van der Waals surface area contributed by atoms with E-state index < -0.39 is 0 Å². The molecule has 6 nitrogen and oxygen atoms in total. The summed E-state index contributed by atoms with van der Waals surface area (Å²) in [6.45, 7) is 5.70. The van der Waals surface area contributed by atoms with E-state index in [2.05, 4.69) is 26.6 Å². The number of halogens is 1. The minimum atomic E-state index is 0. The lowest BCUT2D eigenvalue weighted by molar-refractivity contribution is 0.123. The van der Waals surface area contributed by atoms with Gasteiger partial charge in [-0.1, -0.05) is 0 Å². The third kappa shape index (κ3) is 7.08. The first-order valence-electron chi connectivity index (χ1n) is 9.66. The molecule has 1 aliphatic heterocycles. The van der Waals surface area contributed by atoms with Crippen LogP contribution in [0.25, 0.3) is 0 Å². The zero-order valence-corrected chi connectivity index (χ0v) is 18.1. The molecule has 0 amide bonds. The van der Waals surface area contributed by atoms with Gasteiger partial charge in [0.1, 0.15) is 5.76 Å². The highest BCUT2D eigenvalue weighted by molar-refractivity contribution is 14.0. The summed E-state index contributed by atoms with van der Waals surface area (Å²) in [7, 11) is 1.82. The highest BCUT2D eigenvalue weighted by Crippen LogP contribution is 2.28. The Bertz CT molecular complexity index is 514. The second-order valence-corrected chi connectivity index (χ2v) is 7.03. The summed E-state index contributed by atoms with van der Waals surface area (Å²) < 4.78 is 11.3. The summed E-state index contributed by atoms with van der Waals surface area (Å²) in [6.07, 6.45) is 8.00. The van der Waals surface area contributed by atoms with Crippen LogP contribution in [0, 0.1) is 5.92 Å². The Morgan fingerprint density at radius 1 is 1.35 bits per heavy atom. The van der Waals surface area contributed by atoms with Crippen LogP contribution in [0.15, 0.2) is 27.8 Å². The minimum Gasteiger partial charge on any atom is -0.468 e. The van der Waals surface area contributed by atoms with Crippen molar-refractivity contribution in [2.45, 2.75) is 38.1 Å². The van der Waals surface area contributed by atoms with Crippen LogP contribution in [0.1, 0.15) is 43.9 Å². The molecule has 2 fully saturated rings. The number of aliphatic imine (C=N–C) groups is 1. The normalized spacial score (nSPS) is 19.2. The standard InChI is InChI=1S/C19H32N4O2.HI/c1-20-19(21-9-5-12-24-15-16-7-8-16)22-14-17(18-6-4-13-25-18)23-10-2-3-11-23;/h4,6,13,16-17H,2-3,5,7-12,14-15H2,1H3,(H2,20,21,22);1H. The summed E-state index contributed by atoms with van der Waals surface area (Å²) in [5, 5.41) is 6.82. The minimum absolute atomic E-state index is 0. The fourth-order valence-corrected chi connectivity index (χ4v) is 3.27. The van der Waals surface area contributed by atoms with Crippen molar-refractivity contribution in [3.63, 3.8) is 0 Å². The highest BCUT2D eigenvalue weighted by Gasteiger charge is 2.25. The second-order valence-electron chi connectivity index (χ2n) is 7.03. The van der Waals surface area contributed by atoms with Gasteiger partial charge in [0.2, 0.25) is 0 Å². The van der Waals surface area contributed by atoms with Crippen LogP contribution < -0.4 is 10.6 Å². The van der Waals surface area contributed by atoms with Gasteiger partial charge in [-0.15, -0.1) is 24.0 Å². The fraction of sp³-hybridized carbons (Fsp3) is 0.737. The largest absolute Gasteiger partial charge is 0.468 e. The molecule has 1 aliphatic carbocycles. The van der Waals surface area contributed by atoms with E-state index in [0.29, 0.717) is 0 Å². The van der Waals surface area contributed by atoms with Crippen molar-refractivity contribution in [1.82, 2.24) is 15.5 Å². The molecule has 1 saturated carbocycles. The molecule has 1 saturated heterocycles. The number of rotatable bonds is 10. The van der Waals surface area contributed by atoms with E-state index in [1.54, 1.807) is 6.26 Å². The smallest absolute Gasteiger partial charge is 0.191 e. The van der Waals surface area contributed by atoms with Gasteiger partial charge in [0.05, 0.1) is 12.3 Å². The summed E-state index contributed by atoms with van der Waals surface area (Å²) in [5.74, 6) is 2.71. The number of ether oxygens (including phenoxy) is 1. The summed E-state index contributed by atoms with van der Waals surface area (Å²) >= 11 is 0. The Hall–Kier alpha value is -0.800.